The molecule has 0 bridgehead atoms. The average molecular weight is 412 g/mol. The van der Waals surface area contributed by atoms with Gasteiger partial charge in [-0.3, -0.25) is 4.79 Å². The summed E-state index contributed by atoms with van der Waals surface area (Å²) in [6.07, 6.45) is -0.501. The third-order valence-electron chi connectivity index (χ3n) is 5.30. The molecule has 28 heavy (non-hydrogen) atoms. The molecule has 0 aromatic heterocycles. The zero-order chi connectivity index (χ0) is 20.4. The number of halogens is 4. The van der Waals surface area contributed by atoms with Gasteiger partial charge >= 0.3 is 6.18 Å². The molecule has 3 nitrogen and oxygen atoms in total. The Morgan fingerprint density at radius 2 is 1.71 bits per heavy atom. The van der Waals surface area contributed by atoms with Gasteiger partial charge in [0.15, 0.2) is 0 Å². The number of alkyl halides is 3. The number of carbonyl (C=O) groups excluding carboxylic acids is 1. The maximum Gasteiger partial charge on any atom is 0.420 e. The van der Waals surface area contributed by atoms with Crippen molar-refractivity contribution in [3.8, 4) is 5.75 Å². The van der Waals surface area contributed by atoms with E-state index < -0.39 is 17.2 Å². The van der Waals surface area contributed by atoms with Crippen molar-refractivity contribution >= 4 is 23.2 Å². The number of nitrogens with one attached hydrogen (secondary N) is 1. The first-order chi connectivity index (χ1) is 13.3. The van der Waals surface area contributed by atoms with Gasteiger partial charge in [0.2, 0.25) is 5.91 Å². The lowest BCUT2D eigenvalue weighted by atomic mass is 9.68. The van der Waals surface area contributed by atoms with Crippen LogP contribution in [0.2, 0.25) is 5.02 Å². The molecule has 0 saturated heterocycles. The van der Waals surface area contributed by atoms with Crippen LogP contribution in [0.15, 0.2) is 42.5 Å². The first-order valence-corrected chi connectivity index (χ1v) is 9.47. The SMILES string of the molecule is COc1ccc(NC(=O)C2(c3ccc(Cl)cc3)CCCCC2)cc1C(F)(F)F. The molecule has 1 aliphatic carbocycles. The summed E-state index contributed by atoms with van der Waals surface area (Å²) in [6.45, 7) is 0. The maximum absolute atomic E-state index is 13.3. The van der Waals surface area contributed by atoms with E-state index in [-0.39, 0.29) is 17.3 Å². The molecular weight excluding hydrogens is 391 g/mol. The van der Waals surface area contributed by atoms with Crippen LogP contribution >= 0.6 is 11.6 Å². The summed E-state index contributed by atoms with van der Waals surface area (Å²) in [5.41, 5.74) is -0.770. The molecule has 7 heteroatoms. The molecule has 0 spiro atoms. The lowest BCUT2D eigenvalue weighted by molar-refractivity contribution is -0.138. The molecule has 0 radical (unpaired) electrons. The summed E-state index contributed by atoms with van der Waals surface area (Å²) < 4.78 is 44.6. The number of amides is 1. The van der Waals surface area contributed by atoms with Crippen LogP contribution in [0.3, 0.4) is 0 Å². The lowest BCUT2D eigenvalue weighted by Gasteiger charge is -2.36. The van der Waals surface area contributed by atoms with Crippen LogP contribution in [-0.2, 0) is 16.4 Å². The third kappa shape index (κ3) is 4.12. The Morgan fingerprint density at radius 1 is 1.07 bits per heavy atom. The third-order valence-corrected chi connectivity index (χ3v) is 5.55. The molecule has 1 N–H and O–H groups in total. The molecule has 2 aromatic carbocycles. The van der Waals surface area contributed by atoms with Crippen LogP contribution in [0.25, 0.3) is 0 Å². The summed E-state index contributed by atoms with van der Waals surface area (Å²) in [4.78, 5) is 13.2. The van der Waals surface area contributed by atoms with Gasteiger partial charge in [-0.25, -0.2) is 0 Å². The summed E-state index contributed by atoms with van der Waals surface area (Å²) in [6, 6.07) is 10.7. The topological polar surface area (TPSA) is 38.3 Å². The predicted octanol–water partition coefficient (Wildman–Crippen LogP) is 6.21. The minimum Gasteiger partial charge on any atom is -0.496 e. The second-order valence-corrected chi connectivity index (χ2v) is 7.45. The number of ether oxygens (including phenoxy) is 1. The Labute approximate surface area is 166 Å². The molecule has 1 amide bonds. The van der Waals surface area contributed by atoms with E-state index in [0.717, 1.165) is 30.9 Å². The van der Waals surface area contributed by atoms with E-state index in [1.165, 1.54) is 19.2 Å². The van der Waals surface area contributed by atoms with E-state index >= 15 is 0 Å². The van der Waals surface area contributed by atoms with Gasteiger partial charge < -0.3 is 10.1 Å². The second-order valence-electron chi connectivity index (χ2n) is 7.02. The number of hydrogen-bond donors (Lipinski definition) is 1. The van der Waals surface area contributed by atoms with Crippen LogP contribution in [0.4, 0.5) is 18.9 Å². The van der Waals surface area contributed by atoms with Crippen molar-refractivity contribution in [1.82, 2.24) is 0 Å². The zero-order valence-corrected chi connectivity index (χ0v) is 16.2. The van der Waals surface area contributed by atoms with Crippen LogP contribution < -0.4 is 10.1 Å². The molecule has 0 aliphatic heterocycles. The zero-order valence-electron chi connectivity index (χ0n) is 15.4. The Kier molecular flexibility index (Phi) is 5.89. The molecular formula is C21H21ClF3NO2. The van der Waals surface area contributed by atoms with E-state index in [4.69, 9.17) is 16.3 Å². The molecule has 0 atom stereocenters. The lowest BCUT2D eigenvalue weighted by Crippen LogP contribution is -2.42. The van der Waals surface area contributed by atoms with Crippen molar-refractivity contribution in [2.24, 2.45) is 0 Å². The van der Waals surface area contributed by atoms with Crippen molar-refractivity contribution in [2.75, 3.05) is 12.4 Å². The smallest absolute Gasteiger partial charge is 0.420 e. The van der Waals surface area contributed by atoms with E-state index in [0.29, 0.717) is 17.9 Å². The minimum atomic E-state index is -4.58. The Bertz CT molecular complexity index is 844. The van der Waals surface area contributed by atoms with Crippen molar-refractivity contribution in [1.29, 1.82) is 0 Å². The number of anilines is 1. The average Bonchev–Trinajstić information content (AvgIpc) is 2.68. The van der Waals surface area contributed by atoms with Crippen molar-refractivity contribution in [3.05, 3.63) is 58.6 Å². The van der Waals surface area contributed by atoms with Gasteiger partial charge in [0.05, 0.1) is 18.1 Å². The summed E-state index contributed by atoms with van der Waals surface area (Å²) in [7, 11) is 1.18. The van der Waals surface area contributed by atoms with Crippen LogP contribution in [0, 0.1) is 0 Å². The maximum atomic E-state index is 13.3. The number of carbonyl (C=O) groups is 1. The number of rotatable bonds is 4. The quantitative estimate of drug-likeness (QED) is 0.649. The Balaban J connectivity index is 1.94. The first kappa shape index (κ1) is 20.5. The Morgan fingerprint density at radius 3 is 2.29 bits per heavy atom. The van der Waals surface area contributed by atoms with E-state index in [1.54, 1.807) is 12.1 Å². The number of methoxy groups -OCH3 is 1. The number of hydrogen-bond acceptors (Lipinski definition) is 2. The molecule has 1 aliphatic rings. The fourth-order valence-corrected chi connectivity index (χ4v) is 3.96. The summed E-state index contributed by atoms with van der Waals surface area (Å²) >= 11 is 5.98. The van der Waals surface area contributed by atoms with Gasteiger partial charge in [-0.15, -0.1) is 0 Å². The summed E-state index contributed by atoms with van der Waals surface area (Å²) in [5, 5.41) is 3.27. The van der Waals surface area contributed by atoms with Gasteiger partial charge in [0, 0.05) is 10.7 Å². The van der Waals surface area contributed by atoms with Crippen LogP contribution in [0.1, 0.15) is 43.2 Å². The number of benzene rings is 2. The van der Waals surface area contributed by atoms with E-state index in [9.17, 15) is 18.0 Å². The summed E-state index contributed by atoms with van der Waals surface area (Å²) in [5.74, 6) is -0.580. The fourth-order valence-electron chi connectivity index (χ4n) is 3.83. The first-order valence-electron chi connectivity index (χ1n) is 9.09. The molecule has 150 valence electrons. The van der Waals surface area contributed by atoms with Crippen molar-refractivity contribution in [3.63, 3.8) is 0 Å². The standard InChI is InChI=1S/C21H21ClF3NO2/c1-28-18-10-9-16(13-17(18)21(23,24)25)26-19(27)20(11-3-2-4-12-20)14-5-7-15(22)8-6-14/h5-10,13H,2-4,11-12H2,1H3,(H,26,27). The molecule has 0 unspecified atom stereocenters. The normalized spacial score (nSPS) is 16.5. The highest BCUT2D eigenvalue weighted by Gasteiger charge is 2.41. The van der Waals surface area contributed by atoms with E-state index in [1.807, 2.05) is 12.1 Å². The fraction of sp³-hybridized carbons (Fsp3) is 0.381. The monoisotopic (exact) mass is 411 g/mol. The van der Waals surface area contributed by atoms with Gasteiger partial charge in [-0.05, 0) is 48.7 Å². The van der Waals surface area contributed by atoms with Crippen LogP contribution in [-0.4, -0.2) is 13.0 Å². The van der Waals surface area contributed by atoms with Gasteiger partial charge in [0.1, 0.15) is 5.75 Å². The van der Waals surface area contributed by atoms with Gasteiger partial charge in [-0.2, -0.15) is 13.2 Å². The molecule has 1 fully saturated rings. The molecule has 3 rings (SSSR count). The molecule has 2 aromatic rings. The van der Waals surface area contributed by atoms with Gasteiger partial charge in [0.25, 0.3) is 0 Å². The largest absolute Gasteiger partial charge is 0.496 e. The minimum absolute atomic E-state index is 0.0945. The van der Waals surface area contributed by atoms with Gasteiger partial charge in [-0.1, -0.05) is 43.0 Å². The van der Waals surface area contributed by atoms with Crippen molar-refractivity contribution < 1.29 is 22.7 Å². The highest BCUT2D eigenvalue weighted by Crippen LogP contribution is 2.42. The molecule has 1 saturated carbocycles. The highest BCUT2D eigenvalue weighted by atomic mass is 35.5. The predicted molar refractivity (Wildman–Crippen MR) is 103 cm³/mol. The molecule has 0 heterocycles. The highest BCUT2D eigenvalue weighted by molar-refractivity contribution is 6.30. The van der Waals surface area contributed by atoms with E-state index in [2.05, 4.69) is 5.32 Å². The Hall–Kier alpha value is -2.21. The van der Waals surface area contributed by atoms with Crippen molar-refractivity contribution in [2.45, 2.75) is 43.7 Å². The van der Waals surface area contributed by atoms with Crippen LogP contribution in [0.5, 0.6) is 5.75 Å². The second kappa shape index (κ2) is 8.03.